The normalized spacial score (nSPS) is 12.7. The molecular formula is C12H14ClN3. The first-order valence-electron chi connectivity index (χ1n) is 5.23. The van der Waals surface area contributed by atoms with E-state index >= 15 is 0 Å². The van der Waals surface area contributed by atoms with Gasteiger partial charge in [-0.15, -0.1) is 11.6 Å². The SMILES string of the molecule is CC(Cl)CN(C)c1ncnc2ccccc12. The first-order chi connectivity index (χ1) is 7.68. The van der Waals surface area contributed by atoms with Crippen molar-refractivity contribution in [1.29, 1.82) is 0 Å². The number of halogens is 1. The molecule has 2 rings (SSSR count). The molecule has 0 aliphatic heterocycles. The van der Waals surface area contributed by atoms with Crippen molar-refractivity contribution in [3.05, 3.63) is 30.6 Å². The maximum Gasteiger partial charge on any atom is 0.139 e. The van der Waals surface area contributed by atoms with Gasteiger partial charge in [-0.3, -0.25) is 0 Å². The molecule has 84 valence electrons. The fourth-order valence-electron chi connectivity index (χ4n) is 1.76. The zero-order valence-electron chi connectivity index (χ0n) is 9.39. The first kappa shape index (κ1) is 11.1. The second-order valence-electron chi connectivity index (χ2n) is 3.88. The molecule has 0 aliphatic rings. The van der Waals surface area contributed by atoms with E-state index in [0.717, 1.165) is 23.3 Å². The van der Waals surface area contributed by atoms with Gasteiger partial charge >= 0.3 is 0 Å². The zero-order valence-corrected chi connectivity index (χ0v) is 10.1. The third kappa shape index (κ3) is 2.25. The maximum atomic E-state index is 5.99. The van der Waals surface area contributed by atoms with E-state index in [4.69, 9.17) is 11.6 Å². The molecule has 16 heavy (non-hydrogen) atoms. The van der Waals surface area contributed by atoms with Crippen molar-refractivity contribution < 1.29 is 0 Å². The molecule has 0 radical (unpaired) electrons. The third-order valence-corrected chi connectivity index (χ3v) is 2.55. The minimum Gasteiger partial charge on any atom is -0.358 e. The predicted molar refractivity (Wildman–Crippen MR) is 68.1 cm³/mol. The van der Waals surface area contributed by atoms with Gasteiger partial charge in [-0.25, -0.2) is 9.97 Å². The Labute approximate surface area is 100 Å². The van der Waals surface area contributed by atoms with E-state index in [1.54, 1.807) is 6.33 Å². The zero-order chi connectivity index (χ0) is 11.5. The summed E-state index contributed by atoms with van der Waals surface area (Å²) in [6.45, 7) is 2.74. The molecule has 0 spiro atoms. The quantitative estimate of drug-likeness (QED) is 0.766. The van der Waals surface area contributed by atoms with Crippen LogP contribution >= 0.6 is 11.6 Å². The summed E-state index contributed by atoms with van der Waals surface area (Å²) in [4.78, 5) is 10.6. The van der Waals surface area contributed by atoms with Gasteiger partial charge in [-0.05, 0) is 19.1 Å². The number of para-hydroxylation sites is 1. The Balaban J connectivity index is 2.44. The number of hydrogen-bond donors (Lipinski definition) is 0. The fourth-order valence-corrected chi connectivity index (χ4v) is 1.97. The van der Waals surface area contributed by atoms with Crippen molar-refractivity contribution in [2.75, 3.05) is 18.5 Å². The van der Waals surface area contributed by atoms with Gasteiger partial charge in [0.25, 0.3) is 0 Å². The maximum absolute atomic E-state index is 5.99. The van der Waals surface area contributed by atoms with Crippen molar-refractivity contribution in [2.24, 2.45) is 0 Å². The Morgan fingerprint density at radius 1 is 1.31 bits per heavy atom. The molecule has 0 fully saturated rings. The highest BCUT2D eigenvalue weighted by atomic mass is 35.5. The molecule has 0 N–H and O–H groups in total. The molecule has 4 heteroatoms. The minimum absolute atomic E-state index is 0.0960. The first-order valence-corrected chi connectivity index (χ1v) is 5.67. The van der Waals surface area contributed by atoms with E-state index in [-0.39, 0.29) is 5.38 Å². The van der Waals surface area contributed by atoms with Crippen LogP contribution in [0.4, 0.5) is 5.82 Å². The average Bonchev–Trinajstić information content (AvgIpc) is 2.27. The minimum atomic E-state index is 0.0960. The highest BCUT2D eigenvalue weighted by Crippen LogP contribution is 2.21. The third-order valence-electron chi connectivity index (χ3n) is 2.41. The summed E-state index contributed by atoms with van der Waals surface area (Å²) in [6, 6.07) is 7.98. The van der Waals surface area contributed by atoms with E-state index in [1.807, 2.05) is 38.2 Å². The predicted octanol–water partition coefficient (Wildman–Crippen LogP) is 2.69. The number of aromatic nitrogens is 2. The number of rotatable bonds is 3. The van der Waals surface area contributed by atoms with Crippen LogP contribution in [0, 0.1) is 0 Å². The lowest BCUT2D eigenvalue weighted by molar-refractivity contribution is 0.846. The van der Waals surface area contributed by atoms with E-state index in [1.165, 1.54) is 0 Å². The van der Waals surface area contributed by atoms with Crippen LogP contribution in [0.15, 0.2) is 30.6 Å². The Hall–Kier alpha value is -1.35. The molecule has 0 bridgehead atoms. The summed E-state index contributed by atoms with van der Waals surface area (Å²) in [5.74, 6) is 0.929. The summed E-state index contributed by atoms with van der Waals surface area (Å²) in [6.07, 6.45) is 1.59. The Bertz CT molecular complexity index is 479. The van der Waals surface area contributed by atoms with Crippen LogP contribution in [-0.4, -0.2) is 28.9 Å². The summed E-state index contributed by atoms with van der Waals surface area (Å²) in [5.41, 5.74) is 0.960. The Morgan fingerprint density at radius 2 is 2.06 bits per heavy atom. The van der Waals surface area contributed by atoms with Crippen LogP contribution in [0.1, 0.15) is 6.92 Å². The molecule has 1 aromatic heterocycles. The van der Waals surface area contributed by atoms with Crippen LogP contribution in [0.5, 0.6) is 0 Å². The molecule has 1 heterocycles. The molecule has 0 amide bonds. The lowest BCUT2D eigenvalue weighted by Gasteiger charge is -2.20. The summed E-state index contributed by atoms with van der Waals surface area (Å²) < 4.78 is 0. The number of benzene rings is 1. The van der Waals surface area contributed by atoms with Gasteiger partial charge in [0.2, 0.25) is 0 Å². The highest BCUT2D eigenvalue weighted by Gasteiger charge is 2.09. The molecule has 1 unspecified atom stereocenters. The number of alkyl halides is 1. The van der Waals surface area contributed by atoms with Gasteiger partial charge in [0.1, 0.15) is 12.1 Å². The van der Waals surface area contributed by atoms with Crippen LogP contribution in [0.3, 0.4) is 0 Å². The lowest BCUT2D eigenvalue weighted by Crippen LogP contribution is -2.25. The second-order valence-corrected chi connectivity index (χ2v) is 4.62. The molecule has 2 aromatic rings. The molecule has 0 saturated carbocycles. The van der Waals surface area contributed by atoms with Gasteiger partial charge in [-0.2, -0.15) is 0 Å². The van der Waals surface area contributed by atoms with E-state index in [0.29, 0.717) is 0 Å². The average molecular weight is 236 g/mol. The molecule has 0 aliphatic carbocycles. The van der Waals surface area contributed by atoms with Crippen molar-refractivity contribution in [3.63, 3.8) is 0 Å². The van der Waals surface area contributed by atoms with E-state index in [9.17, 15) is 0 Å². The topological polar surface area (TPSA) is 29.0 Å². The van der Waals surface area contributed by atoms with Gasteiger partial charge < -0.3 is 4.90 Å². The van der Waals surface area contributed by atoms with Crippen LogP contribution in [0.25, 0.3) is 10.9 Å². The van der Waals surface area contributed by atoms with E-state index < -0.39 is 0 Å². The molecule has 0 saturated heterocycles. The Morgan fingerprint density at radius 3 is 2.81 bits per heavy atom. The Kier molecular flexibility index (Phi) is 3.25. The summed E-state index contributed by atoms with van der Waals surface area (Å²) in [7, 11) is 1.99. The van der Waals surface area contributed by atoms with Crippen molar-refractivity contribution in [1.82, 2.24) is 9.97 Å². The summed E-state index contributed by atoms with van der Waals surface area (Å²) >= 11 is 5.99. The number of anilines is 1. The molecule has 1 aromatic carbocycles. The van der Waals surface area contributed by atoms with Gasteiger partial charge in [0.15, 0.2) is 0 Å². The molecule has 1 atom stereocenters. The van der Waals surface area contributed by atoms with Crippen molar-refractivity contribution in [2.45, 2.75) is 12.3 Å². The molecular weight excluding hydrogens is 222 g/mol. The van der Waals surface area contributed by atoms with Crippen LogP contribution in [0.2, 0.25) is 0 Å². The monoisotopic (exact) mass is 235 g/mol. The number of fused-ring (bicyclic) bond motifs is 1. The largest absolute Gasteiger partial charge is 0.358 e. The highest BCUT2D eigenvalue weighted by molar-refractivity contribution is 6.20. The number of hydrogen-bond acceptors (Lipinski definition) is 3. The van der Waals surface area contributed by atoms with Gasteiger partial charge in [-0.1, -0.05) is 12.1 Å². The fraction of sp³-hybridized carbons (Fsp3) is 0.333. The lowest BCUT2D eigenvalue weighted by atomic mass is 10.2. The van der Waals surface area contributed by atoms with Crippen LogP contribution < -0.4 is 4.90 Å². The van der Waals surface area contributed by atoms with Gasteiger partial charge in [0, 0.05) is 24.4 Å². The second kappa shape index (κ2) is 4.66. The van der Waals surface area contributed by atoms with Crippen molar-refractivity contribution >= 4 is 28.3 Å². The smallest absolute Gasteiger partial charge is 0.139 e. The summed E-state index contributed by atoms with van der Waals surface area (Å²) in [5, 5.41) is 1.16. The molecule has 3 nitrogen and oxygen atoms in total. The number of nitrogens with zero attached hydrogens (tertiary/aromatic N) is 3. The van der Waals surface area contributed by atoms with Crippen LogP contribution in [-0.2, 0) is 0 Å². The van der Waals surface area contributed by atoms with Gasteiger partial charge in [0.05, 0.1) is 5.52 Å². The standard InChI is InChI=1S/C12H14ClN3/c1-9(13)7-16(2)12-10-5-3-4-6-11(10)14-8-15-12/h3-6,8-9H,7H2,1-2H3. The van der Waals surface area contributed by atoms with E-state index in [2.05, 4.69) is 14.9 Å². The van der Waals surface area contributed by atoms with Crippen molar-refractivity contribution in [3.8, 4) is 0 Å².